The highest BCUT2D eigenvalue weighted by Crippen LogP contribution is 2.67. The maximum atomic E-state index is 13.6. The Bertz CT molecular complexity index is 1160. The van der Waals surface area contributed by atoms with E-state index in [4.69, 9.17) is 10.5 Å². The summed E-state index contributed by atoms with van der Waals surface area (Å²) < 4.78 is 5.93. The first-order valence-electron chi connectivity index (χ1n) is 20.0. The van der Waals surface area contributed by atoms with Gasteiger partial charge < -0.3 is 26.0 Å². The van der Waals surface area contributed by atoms with Gasteiger partial charge in [0.15, 0.2) is 0 Å². The molecule has 0 bridgehead atoms. The van der Waals surface area contributed by atoms with Crippen LogP contribution >= 0.6 is 0 Å². The molecular weight excluding hydrogens is 612 g/mol. The summed E-state index contributed by atoms with van der Waals surface area (Å²) in [6.45, 7) is 19.9. The Labute approximate surface area is 298 Å². The molecule has 4 unspecified atom stereocenters. The summed E-state index contributed by atoms with van der Waals surface area (Å²) >= 11 is 0. The molecule has 0 radical (unpaired) electrons. The highest BCUT2D eigenvalue weighted by molar-refractivity contribution is 5.79. The second-order valence-corrected chi connectivity index (χ2v) is 18.2. The number of fused-ring (bicyclic) bond motifs is 5. The number of allylic oxidation sites excluding steroid dienone is 1. The molecule has 4 N–H and O–H groups in total. The van der Waals surface area contributed by atoms with Gasteiger partial charge in [-0.1, -0.05) is 65.5 Å². The monoisotopic (exact) mass is 685 g/mol. The van der Waals surface area contributed by atoms with Crippen molar-refractivity contribution in [3.63, 3.8) is 0 Å². The summed E-state index contributed by atoms with van der Waals surface area (Å²) in [5.74, 6) is 4.63. The van der Waals surface area contributed by atoms with E-state index in [9.17, 15) is 14.4 Å². The lowest BCUT2D eigenvalue weighted by Crippen LogP contribution is -2.53. The molecule has 0 aromatic carbocycles. The standard InChI is InChI=1S/C41H72N4O4/c1-28(2)11-9-12-29(3)33-15-16-34-32-14-13-30-27-31(17-21-40(30,7)35(32)18-22-41(33,34)8)45(38(48)49-39(4,5)6)26-10-24-43-37(47)20-25-44-36(46)19-23-42/h13,28-29,31-35H,9-12,14-27,42H2,1-8H3,(H,43,47)(H,44,46)/t29-,31+,32+,33?,34+,35?,40?,41?/m1/s1. The van der Waals surface area contributed by atoms with Crippen molar-refractivity contribution in [1.82, 2.24) is 15.5 Å². The van der Waals surface area contributed by atoms with Crippen molar-refractivity contribution in [2.24, 2.45) is 52.1 Å². The van der Waals surface area contributed by atoms with Gasteiger partial charge >= 0.3 is 6.09 Å². The van der Waals surface area contributed by atoms with Gasteiger partial charge in [0.25, 0.3) is 0 Å². The van der Waals surface area contributed by atoms with Crippen LogP contribution in [0.4, 0.5) is 4.79 Å². The van der Waals surface area contributed by atoms with Crippen molar-refractivity contribution in [2.75, 3.05) is 26.2 Å². The van der Waals surface area contributed by atoms with Crippen LogP contribution in [0.25, 0.3) is 0 Å². The molecule has 8 heteroatoms. The third kappa shape index (κ3) is 9.83. The van der Waals surface area contributed by atoms with E-state index in [1.807, 2.05) is 25.7 Å². The first-order chi connectivity index (χ1) is 23.1. The number of carbonyl (C=O) groups excluding carboxylic acids is 3. The number of hydrogen-bond acceptors (Lipinski definition) is 5. The van der Waals surface area contributed by atoms with E-state index in [-0.39, 0.29) is 42.2 Å². The van der Waals surface area contributed by atoms with E-state index in [0.717, 1.165) is 54.8 Å². The zero-order chi connectivity index (χ0) is 36.0. The largest absolute Gasteiger partial charge is 0.444 e. The quantitative estimate of drug-likeness (QED) is 0.120. The van der Waals surface area contributed by atoms with Crippen LogP contribution in [0, 0.1) is 46.3 Å². The number of ether oxygens (including phenoxy) is 1. The summed E-state index contributed by atoms with van der Waals surface area (Å²) in [4.78, 5) is 39.5. The number of nitrogens with two attached hydrogens (primary N) is 1. The Balaban J connectivity index is 1.37. The molecule has 0 spiro atoms. The lowest BCUT2D eigenvalue weighted by Gasteiger charge is -2.59. The number of rotatable bonds is 15. The average molecular weight is 685 g/mol. The SMILES string of the molecule is CC(C)CCC[C@@H](C)C1CC[C@H]2[C@@H]3CC=C4C[C@@H](N(CCCNC(=O)CCNC(=O)CCN)C(=O)OC(C)(C)C)CCC4(C)C3CCC12C. The van der Waals surface area contributed by atoms with Crippen LogP contribution in [0.2, 0.25) is 0 Å². The maximum absolute atomic E-state index is 13.6. The molecule has 3 fully saturated rings. The predicted octanol–water partition coefficient (Wildman–Crippen LogP) is 7.99. The van der Waals surface area contributed by atoms with E-state index in [2.05, 4.69) is 51.3 Å². The highest BCUT2D eigenvalue weighted by Gasteiger charge is 2.59. The molecule has 8 nitrogen and oxygen atoms in total. The molecule has 3 saturated carbocycles. The summed E-state index contributed by atoms with van der Waals surface area (Å²) in [6, 6.07) is 0.107. The van der Waals surface area contributed by atoms with Crippen molar-refractivity contribution in [3.8, 4) is 0 Å². The smallest absolute Gasteiger partial charge is 0.410 e. The Morgan fingerprint density at radius 1 is 0.939 bits per heavy atom. The Morgan fingerprint density at radius 3 is 2.35 bits per heavy atom. The van der Waals surface area contributed by atoms with Crippen molar-refractivity contribution in [1.29, 1.82) is 0 Å². The molecule has 8 atom stereocenters. The van der Waals surface area contributed by atoms with Gasteiger partial charge in [0.1, 0.15) is 5.60 Å². The van der Waals surface area contributed by atoms with Gasteiger partial charge in [0, 0.05) is 45.1 Å². The molecule has 0 aromatic rings. The Hall–Kier alpha value is -2.09. The lowest BCUT2D eigenvalue weighted by molar-refractivity contribution is -0.122. The zero-order valence-corrected chi connectivity index (χ0v) is 32.5. The summed E-state index contributed by atoms with van der Waals surface area (Å²) in [6.07, 6.45) is 17.4. The van der Waals surface area contributed by atoms with Gasteiger partial charge in [-0.25, -0.2) is 4.79 Å². The van der Waals surface area contributed by atoms with Gasteiger partial charge in [-0.3, -0.25) is 9.59 Å². The summed E-state index contributed by atoms with van der Waals surface area (Å²) in [5, 5.41) is 5.68. The third-order valence-electron chi connectivity index (χ3n) is 13.3. The Morgan fingerprint density at radius 2 is 1.65 bits per heavy atom. The fourth-order valence-electron chi connectivity index (χ4n) is 10.8. The fourth-order valence-corrected chi connectivity index (χ4v) is 10.8. The number of carbonyl (C=O) groups is 3. The highest BCUT2D eigenvalue weighted by atomic mass is 16.6. The summed E-state index contributed by atoms with van der Waals surface area (Å²) in [7, 11) is 0. The Kier molecular flexibility index (Phi) is 13.7. The normalized spacial score (nSPS) is 31.6. The van der Waals surface area contributed by atoms with Gasteiger partial charge in [-0.05, 0) is 125 Å². The van der Waals surface area contributed by atoms with Gasteiger partial charge in [-0.15, -0.1) is 0 Å². The van der Waals surface area contributed by atoms with Crippen LogP contribution in [-0.4, -0.2) is 60.6 Å². The minimum atomic E-state index is -0.571. The van der Waals surface area contributed by atoms with Crippen LogP contribution in [0.5, 0.6) is 0 Å². The number of nitrogens with zero attached hydrogens (tertiary/aromatic N) is 1. The molecule has 0 aromatic heterocycles. The second-order valence-electron chi connectivity index (χ2n) is 18.2. The first kappa shape index (κ1) is 39.7. The van der Waals surface area contributed by atoms with E-state index in [0.29, 0.717) is 38.0 Å². The molecule has 49 heavy (non-hydrogen) atoms. The molecular formula is C41H72N4O4. The summed E-state index contributed by atoms with van der Waals surface area (Å²) in [5.41, 5.74) is 7.11. The van der Waals surface area contributed by atoms with Gasteiger partial charge in [0.05, 0.1) is 0 Å². The van der Waals surface area contributed by atoms with Crippen molar-refractivity contribution in [3.05, 3.63) is 11.6 Å². The maximum Gasteiger partial charge on any atom is 0.410 e. The minimum absolute atomic E-state index is 0.107. The molecule has 0 heterocycles. The topological polar surface area (TPSA) is 114 Å². The van der Waals surface area contributed by atoms with E-state index in [1.54, 1.807) is 5.57 Å². The molecule has 4 aliphatic rings. The average Bonchev–Trinajstić information content (AvgIpc) is 3.37. The number of hydrogen-bond donors (Lipinski definition) is 3. The molecule has 4 rings (SSSR count). The van der Waals surface area contributed by atoms with Crippen LogP contribution in [0.15, 0.2) is 11.6 Å². The van der Waals surface area contributed by atoms with Crippen molar-refractivity contribution >= 4 is 17.9 Å². The van der Waals surface area contributed by atoms with Gasteiger partial charge in [-0.2, -0.15) is 0 Å². The molecule has 0 aliphatic heterocycles. The zero-order valence-electron chi connectivity index (χ0n) is 32.5. The predicted molar refractivity (Wildman–Crippen MR) is 199 cm³/mol. The van der Waals surface area contributed by atoms with Crippen LogP contribution in [0.1, 0.15) is 145 Å². The van der Waals surface area contributed by atoms with Gasteiger partial charge in [0.2, 0.25) is 11.8 Å². The second kappa shape index (κ2) is 17.0. The van der Waals surface area contributed by atoms with E-state index in [1.165, 1.54) is 51.4 Å². The van der Waals surface area contributed by atoms with Crippen molar-refractivity contribution < 1.29 is 19.1 Å². The number of amides is 3. The van der Waals surface area contributed by atoms with Crippen LogP contribution in [-0.2, 0) is 14.3 Å². The van der Waals surface area contributed by atoms with E-state index >= 15 is 0 Å². The molecule has 4 aliphatic carbocycles. The first-order valence-corrected chi connectivity index (χ1v) is 20.0. The number of nitrogens with one attached hydrogen (secondary N) is 2. The van der Waals surface area contributed by atoms with E-state index < -0.39 is 5.60 Å². The third-order valence-corrected chi connectivity index (χ3v) is 13.3. The fraction of sp³-hybridized carbons (Fsp3) is 0.878. The molecule has 280 valence electrons. The lowest BCUT2D eigenvalue weighted by atomic mass is 9.46. The van der Waals surface area contributed by atoms with Crippen LogP contribution < -0.4 is 16.4 Å². The van der Waals surface area contributed by atoms with Crippen LogP contribution in [0.3, 0.4) is 0 Å². The van der Waals surface area contributed by atoms with Crippen molar-refractivity contribution in [2.45, 2.75) is 157 Å². The molecule has 3 amide bonds. The molecule has 0 saturated heterocycles. The minimum Gasteiger partial charge on any atom is -0.444 e.